The molecule has 0 bridgehead atoms. The van der Waals surface area contributed by atoms with Crippen molar-refractivity contribution in [1.82, 2.24) is 4.57 Å². The van der Waals surface area contributed by atoms with E-state index in [0.717, 1.165) is 25.7 Å². The van der Waals surface area contributed by atoms with Crippen LogP contribution < -0.4 is 4.90 Å². The van der Waals surface area contributed by atoms with Gasteiger partial charge in [-0.1, -0.05) is 42.5 Å². The molecule has 26 heavy (non-hydrogen) atoms. The molecule has 2 aliphatic rings. The third kappa shape index (κ3) is 3.59. The molecule has 0 amide bonds. The zero-order valence-corrected chi connectivity index (χ0v) is 16.0. The molecule has 0 N–H and O–H groups in total. The second-order valence-corrected chi connectivity index (χ2v) is 7.93. The van der Waals surface area contributed by atoms with Gasteiger partial charge in [-0.05, 0) is 43.1 Å². The maximum Gasteiger partial charge on any atom is 0.116 e. The minimum atomic E-state index is 0.715. The summed E-state index contributed by atoms with van der Waals surface area (Å²) in [6.07, 6.45) is 11.9. The lowest BCUT2D eigenvalue weighted by atomic mass is 9.79. The summed E-state index contributed by atoms with van der Waals surface area (Å²) in [4.78, 5) is 2.30. The van der Waals surface area contributed by atoms with Crippen LogP contribution in [0.4, 0.5) is 5.82 Å². The van der Waals surface area contributed by atoms with Gasteiger partial charge in [0.15, 0.2) is 0 Å². The average molecular weight is 351 g/mol. The molecule has 4 rings (SSSR count). The molecule has 138 valence electrons. The first-order chi connectivity index (χ1) is 12.7. The molecule has 3 nitrogen and oxygen atoms in total. The maximum absolute atomic E-state index is 6.15. The lowest BCUT2D eigenvalue weighted by Gasteiger charge is -2.28. The predicted octanol–water partition coefficient (Wildman–Crippen LogP) is 4.98. The Morgan fingerprint density at radius 3 is 2.58 bits per heavy atom. The largest absolute Gasteiger partial charge is 0.376 e. The van der Waals surface area contributed by atoms with Gasteiger partial charge in [-0.2, -0.15) is 0 Å². The van der Waals surface area contributed by atoms with Crippen LogP contribution in [0.5, 0.6) is 0 Å². The number of ether oxygens (including phenoxy) is 1. The van der Waals surface area contributed by atoms with Crippen molar-refractivity contribution in [3.05, 3.63) is 59.3 Å². The summed E-state index contributed by atoms with van der Waals surface area (Å²) in [6.45, 7) is 2.60. The number of nitrogens with zero attached hydrogens (tertiary/aromatic N) is 2. The summed E-state index contributed by atoms with van der Waals surface area (Å²) in [5.41, 5.74) is 4.15. The van der Waals surface area contributed by atoms with Crippen LogP contribution in [-0.2, 0) is 18.4 Å². The number of fused-ring (bicyclic) bond motifs is 1. The number of anilines is 1. The van der Waals surface area contributed by atoms with Gasteiger partial charge in [-0.15, -0.1) is 0 Å². The number of hydrogen-bond donors (Lipinski definition) is 0. The molecular weight excluding hydrogens is 320 g/mol. The molecular formula is C23H30N2O. The van der Waals surface area contributed by atoms with Crippen molar-refractivity contribution in [2.75, 3.05) is 25.1 Å². The second-order valence-electron chi connectivity index (χ2n) is 7.93. The highest BCUT2D eigenvalue weighted by Gasteiger charge is 2.23. The number of aromatic nitrogens is 1. The van der Waals surface area contributed by atoms with Crippen molar-refractivity contribution < 1.29 is 4.74 Å². The van der Waals surface area contributed by atoms with Gasteiger partial charge in [0.05, 0.1) is 6.61 Å². The molecule has 1 aromatic carbocycles. The van der Waals surface area contributed by atoms with Gasteiger partial charge in [-0.3, -0.25) is 0 Å². The van der Waals surface area contributed by atoms with Crippen LogP contribution in [0.3, 0.4) is 0 Å². The molecule has 2 aromatic rings. The van der Waals surface area contributed by atoms with Crippen LogP contribution in [0.2, 0.25) is 0 Å². The monoisotopic (exact) mass is 350 g/mol. The van der Waals surface area contributed by atoms with Crippen molar-refractivity contribution in [3.63, 3.8) is 0 Å². The van der Waals surface area contributed by atoms with Crippen LogP contribution in [0.15, 0.2) is 42.6 Å². The van der Waals surface area contributed by atoms with Gasteiger partial charge in [0, 0.05) is 44.6 Å². The van der Waals surface area contributed by atoms with E-state index in [9.17, 15) is 0 Å². The van der Waals surface area contributed by atoms with E-state index in [0.29, 0.717) is 5.92 Å². The summed E-state index contributed by atoms with van der Waals surface area (Å²) in [5.74, 6) is 2.76. The zero-order valence-electron chi connectivity index (χ0n) is 16.0. The Morgan fingerprint density at radius 1 is 1.04 bits per heavy atom. The summed E-state index contributed by atoms with van der Waals surface area (Å²) < 4.78 is 8.37. The SMILES string of the molecule is CN1CC=Cc2c(COCC3CCC(c4ccccc4)CC3)cn(C)c21. The zero-order chi connectivity index (χ0) is 17.9. The number of hydrogen-bond acceptors (Lipinski definition) is 2. The number of aryl methyl sites for hydroxylation is 1. The van der Waals surface area contributed by atoms with Gasteiger partial charge in [-0.25, -0.2) is 0 Å². The summed E-state index contributed by atoms with van der Waals surface area (Å²) in [5, 5.41) is 0. The molecule has 1 fully saturated rings. The van der Waals surface area contributed by atoms with Gasteiger partial charge < -0.3 is 14.2 Å². The smallest absolute Gasteiger partial charge is 0.116 e. The highest BCUT2D eigenvalue weighted by molar-refractivity contribution is 5.71. The summed E-state index contributed by atoms with van der Waals surface area (Å²) >= 11 is 0. The first-order valence-corrected chi connectivity index (χ1v) is 9.91. The van der Waals surface area contributed by atoms with Crippen LogP contribution in [-0.4, -0.2) is 24.8 Å². The first-order valence-electron chi connectivity index (χ1n) is 9.91. The van der Waals surface area contributed by atoms with Crippen LogP contribution in [0, 0.1) is 5.92 Å². The third-order valence-electron chi connectivity index (χ3n) is 6.02. The number of benzene rings is 1. The first kappa shape index (κ1) is 17.4. The minimum absolute atomic E-state index is 0.715. The highest BCUT2D eigenvalue weighted by atomic mass is 16.5. The van der Waals surface area contributed by atoms with Crippen molar-refractivity contribution in [2.45, 2.75) is 38.2 Å². The molecule has 3 heteroatoms. The molecule has 0 radical (unpaired) electrons. The topological polar surface area (TPSA) is 17.4 Å². The lowest BCUT2D eigenvalue weighted by Crippen LogP contribution is -2.22. The van der Waals surface area contributed by atoms with E-state index in [-0.39, 0.29) is 0 Å². The van der Waals surface area contributed by atoms with Gasteiger partial charge in [0.1, 0.15) is 5.82 Å². The van der Waals surface area contributed by atoms with Crippen molar-refractivity contribution in [1.29, 1.82) is 0 Å². The van der Waals surface area contributed by atoms with Gasteiger partial charge in [0.25, 0.3) is 0 Å². The molecule has 2 heterocycles. The Bertz CT molecular complexity index is 754. The average Bonchev–Trinajstić information content (AvgIpc) is 3.00. The normalized spacial score (nSPS) is 22.5. The maximum atomic E-state index is 6.15. The van der Waals surface area contributed by atoms with Gasteiger partial charge in [0.2, 0.25) is 0 Å². The molecule has 0 unspecified atom stereocenters. The molecule has 0 spiro atoms. The van der Waals surface area contributed by atoms with Crippen molar-refractivity contribution in [3.8, 4) is 0 Å². The van der Waals surface area contributed by atoms with E-state index in [2.05, 4.69) is 72.2 Å². The highest BCUT2D eigenvalue weighted by Crippen LogP contribution is 2.36. The number of likely N-dealkylation sites (N-methyl/N-ethyl adjacent to an activating group) is 1. The summed E-state index contributed by atoms with van der Waals surface area (Å²) in [6, 6.07) is 11.0. The van der Waals surface area contributed by atoms with E-state index in [1.165, 1.54) is 48.2 Å². The predicted molar refractivity (Wildman–Crippen MR) is 109 cm³/mol. The molecule has 1 aliphatic heterocycles. The quantitative estimate of drug-likeness (QED) is 0.757. The Hall–Kier alpha value is -2.00. The molecule has 1 saturated carbocycles. The van der Waals surface area contributed by atoms with E-state index in [4.69, 9.17) is 4.74 Å². The van der Waals surface area contributed by atoms with Crippen LogP contribution in [0.25, 0.3) is 6.08 Å². The van der Waals surface area contributed by atoms with Crippen LogP contribution >= 0.6 is 0 Å². The summed E-state index contributed by atoms with van der Waals surface area (Å²) in [7, 11) is 4.28. The third-order valence-corrected chi connectivity index (χ3v) is 6.02. The second kappa shape index (κ2) is 7.71. The Labute approximate surface area is 157 Å². The van der Waals surface area contributed by atoms with E-state index >= 15 is 0 Å². The Kier molecular flexibility index (Phi) is 5.16. The lowest BCUT2D eigenvalue weighted by molar-refractivity contribution is 0.0715. The molecule has 1 aliphatic carbocycles. The Morgan fingerprint density at radius 2 is 1.81 bits per heavy atom. The van der Waals surface area contributed by atoms with Gasteiger partial charge >= 0.3 is 0 Å². The van der Waals surface area contributed by atoms with Crippen molar-refractivity contribution in [2.24, 2.45) is 13.0 Å². The fraction of sp³-hybridized carbons (Fsp3) is 0.478. The van der Waals surface area contributed by atoms with E-state index in [1.807, 2.05) is 0 Å². The van der Waals surface area contributed by atoms with Crippen molar-refractivity contribution >= 4 is 11.9 Å². The van der Waals surface area contributed by atoms with E-state index < -0.39 is 0 Å². The number of rotatable bonds is 5. The van der Waals surface area contributed by atoms with Crippen LogP contribution in [0.1, 0.15) is 48.3 Å². The molecule has 1 aromatic heterocycles. The molecule has 0 atom stereocenters. The standard InChI is InChI=1S/C23H30N2O/c1-24-14-6-9-22-21(15-25(2)23(22)24)17-26-16-18-10-12-20(13-11-18)19-7-4-3-5-8-19/h3-9,15,18,20H,10-14,16-17H2,1-2H3. The minimum Gasteiger partial charge on any atom is -0.376 e. The fourth-order valence-corrected chi connectivity index (χ4v) is 4.61. The molecule has 0 saturated heterocycles. The fourth-order valence-electron chi connectivity index (χ4n) is 4.61. The van der Waals surface area contributed by atoms with E-state index in [1.54, 1.807) is 0 Å². The Balaban J connectivity index is 1.28.